The molecular weight excluding hydrogens is 338 g/mol. The molecule has 0 radical (unpaired) electrons. The van der Waals surface area contributed by atoms with Crippen molar-refractivity contribution in [2.45, 2.75) is 71.0 Å². The van der Waals surface area contributed by atoms with Crippen molar-refractivity contribution in [3.05, 3.63) is 17.5 Å². The summed E-state index contributed by atoms with van der Waals surface area (Å²) in [6.07, 6.45) is 0. The van der Waals surface area contributed by atoms with Crippen LogP contribution in [0.25, 0.3) is 5.95 Å². The van der Waals surface area contributed by atoms with E-state index in [1.54, 1.807) is 4.68 Å². The summed E-state index contributed by atoms with van der Waals surface area (Å²) >= 11 is 1.30. The van der Waals surface area contributed by atoms with Crippen LogP contribution < -0.4 is 5.84 Å². The molecule has 8 nitrogen and oxygen atoms in total. The van der Waals surface area contributed by atoms with Crippen LogP contribution in [0.2, 0.25) is 0 Å². The highest BCUT2D eigenvalue weighted by Crippen LogP contribution is 2.24. The molecule has 2 N–H and O–H groups in total. The van der Waals surface area contributed by atoms with Gasteiger partial charge >= 0.3 is 0 Å². The fraction of sp³-hybridized carbons (Fsp3) is 0.625. The molecule has 1 atom stereocenters. The largest absolute Gasteiger partial charge is 0.337 e. The Kier molecular flexibility index (Phi) is 5.76. The van der Waals surface area contributed by atoms with Gasteiger partial charge in [-0.1, -0.05) is 11.8 Å². The average Bonchev–Trinajstić information content (AvgIpc) is 3.00. The molecule has 0 aliphatic carbocycles. The number of hydrogen-bond acceptors (Lipinski definition) is 6. The number of carbonyl (C=O) groups is 1. The van der Waals surface area contributed by atoms with E-state index in [2.05, 4.69) is 15.3 Å². The molecule has 0 aliphatic heterocycles. The van der Waals surface area contributed by atoms with Crippen molar-refractivity contribution in [2.75, 3.05) is 5.84 Å². The number of nitrogens with two attached hydrogens (primary N) is 1. The van der Waals surface area contributed by atoms with E-state index in [4.69, 9.17) is 5.84 Å². The van der Waals surface area contributed by atoms with Gasteiger partial charge in [0.25, 0.3) is 5.95 Å². The van der Waals surface area contributed by atoms with E-state index in [-0.39, 0.29) is 23.2 Å². The molecule has 2 rings (SSSR count). The second kappa shape index (κ2) is 7.47. The van der Waals surface area contributed by atoms with Gasteiger partial charge in [0.05, 0.1) is 10.9 Å². The Hall–Kier alpha value is -2.03. The van der Waals surface area contributed by atoms with E-state index in [9.17, 15) is 4.79 Å². The third kappa shape index (κ3) is 3.97. The molecule has 9 heteroatoms. The topological polar surface area (TPSA) is 94.9 Å². The lowest BCUT2D eigenvalue weighted by Crippen LogP contribution is -2.45. The first kappa shape index (κ1) is 19.3. The monoisotopic (exact) mass is 365 g/mol. The Morgan fingerprint density at radius 2 is 1.76 bits per heavy atom. The second-order valence-electron chi connectivity index (χ2n) is 6.68. The van der Waals surface area contributed by atoms with Crippen molar-refractivity contribution in [3.8, 4) is 5.95 Å². The predicted octanol–water partition coefficient (Wildman–Crippen LogP) is 1.92. The van der Waals surface area contributed by atoms with E-state index >= 15 is 0 Å². The summed E-state index contributed by atoms with van der Waals surface area (Å²) in [5, 5.41) is 12.8. The molecule has 138 valence electrons. The molecular formula is C16H27N7OS. The maximum absolute atomic E-state index is 12.8. The molecule has 0 saturated heterocycles. The average molecular weight is 366 g/mol. The molecule has 0 unspecified atom stereocenters. The predicted molar refractivity (Wildman–Crippen MR) is 99.2 cm³/mol. The van der Waals surface area contributed by atoms with Crippen LogP contribution >= 0.6 is 11.8 Å². The number of aryl methyl sites for hydroxylation is 2. The van der Waals surface area contributed by atoms with Gasteiger partial charge in [-0.05, 0) is 54.5 Å². The number of nitrogens with zero attached hydrogens (tertiary/aromatic N) is 6. The maximum Gasteiger partial charge on any atom is 0.271 e. The summed E-state index contributed by atoms with van der Waals surface area (Å²) in [6.45, 7) is 13.8. The minimum Gasteiger partial charge on any atom is -0.337 e. The van der Waals surface area contributed by atoms with Gasteiger partial charge in [0.15, 0.2) is 0 Å². The summed E-state index contributed by atoms with van der Waals surface area (Å²) in [7, 11) is 0. The SMILES string of the molecule is Cc1cc(C)n(-c2nnc(S[C@@H](C)C(=O)N(C(C)C)C(C)C)n2N)n1. The molecule has 2 aromatic heterocycles. The number of carbonyl (C=O) groups excluding carboxylic acids is 1. The molecule has 2 aromatic rings. The number of hydrogen-bond donors (Lipinski definition) is 1. The normalized spacial score (nSPS) is 12.8. The van der Waals surface area contributed by atoms with Gasteiger partial charge in [-0.15, -0.1) is 10.2 Å². The molecule has 1 amide bonds. The fourth-order valence-electron chi connectivity index (χ4n) is 2.85. The highest BCUT2D eigenvalue weighted by Gasteiger charge is 2.27. The number of aromatic nitrogens is 5. The molecule has 0 aromatic carbocycles. The zero-order chi connectivity index (χ0) is 18.9. The Labute approximate surface area is 152 Å². The van der Waals surface area contributed by atoms with Gasteiger partial charge < -0.3 is 10.7 Å². The zero-order valence-corrected chi connectivity index (χ0v) is 16.7. The number of rotatable bonds is 6. The zero-order valence-electron chi connectivity index (χ0n) is 15.9. The molecule has 0 bridgehead atoms. The molecule has 2 heterocycles. The number of nitrogen functional groups attached to an aromatic ring is 1. The Morgan fingerprint density at radius 3 is 2.24 bits per heavy atom. The highest BCUT2D eigenvalue weighted by atomic mass is 32.2. The number of amides is 1. The third-order valence-electron chi connectivity index (χ3n) is 3.84. The lowest BCUT2D eigenvalue weighted by Gasteiger charge is -2.32. The standard InChI is InChI=1S/C16H27N7OS/c1-9(2)21(10(3)4)14(24)13(7)25-16-19-18-15(22(16)17)23-12(6)8-11(5)20-23/h8-10,13H,17H2,1-7H3/t13-/m0/s1. The second-order valence-corrected chi connectivity index (χ2v) is 7.99. The van der Waals surface area contributed by atoms with Gasteiger partial charge in [-0.25, -0.2) is 9.36 Å². The van der Waals surface area contributed by atoms with E-state index in [1.165, 1.54) is 16.4 Å². The fourth-order valence-corrected chi connectivity index (χ4v) is 3.67. The summed E-state index contributed by atoms with van der Waals surface area (Å²) in [5.41, 5.74) is 1.80. The highest BCUT2D eigenvalue weighted by molar-refractivity contribution is 8.00. The van der Waals surface area contributed by atoms with Crippen LogP contribution in [-0.4, -0.2) is 52.8 Å². The Balaban J connectivity index is 2.21. The van der Waals surface area contributed by atoms with Crippen LogP contribution in [-0.2, 0) is 4.79 Å². The van der Waals surface area contributed by atoms with Crippen LogP contribution in [0.4, 0.5) is 0 Å². The Morgan fingerprint density at radius 1 is 1.16 bits per heavy atom. The lowest BCUT2D eigenvalue weighted by molar-refractivity contribution is -0.133. The van der Waals surface area contributed by atoms with E-state index in [0.29, 0.717) is 11.1 Å². The van der Waals surface area contributed by atoms with Crippen molar-refractivity contribution in [1.82, 2.24) is 29.6 Å². The molecule has 25 heavy (non-hydrogen) atoms. The first-order valence-corrected chi connectivity index (χ1v) is 9.24. The summed E-state index contributed by atoms with van der Waals surface area (Å²) < 4.78 is 3.02. The first-order chi connectivity index (χ1) is 11.6. The third-order valence-corrected chi connectivity index (χ3v) is 4.89. The van der Waals surface area contributed by atoms with Crippen molar-refractivity contribution in [1.29, 1.82) is 0 Å². The van der Waals surface area contributed by atoms with Crippen molar-refractivity contribution < 1.29 is 4.79 Å². The van der Waals surface area contributed by atoms with Gasteiger partial charge in [-0.3, -0.25) is 4.79 Å². The van der Waals surface area contributed by atoms with Gasteiger partial charge in [0, 0.05) is 17.8 Å². The van der Waals surface area contributed by atoms with Crippen molar-refractivity contribution >= 4 is 17.7 Å². The quantitative estimate of drug-likeness (QED) is 0.621. The summed E-state index contributed by atoms with van der Waals surface area (Å²) in [6, 6.07) is 2.21. The minimum absolute atomic E-state index is 0.0608. The van der Waals surface area contributed by atoms with E-state index in [0.717, 1.165) is 11.4 Å². The van der Waals surface area contributed by atoms with Crippen LogP contribution in [0.5, 0.6) is 0 Å². The maximum atomic E-state index is 12.8. The lowest BCUT2D eigenvalue weighted by atomic mass is 10.2. The Bertz CT molecular complexity index is 742. The van der Waals surface area contributed by atoms with Gasteiger partial charge in [-0.2, -0.15) is 5.10 Å². The van der Waals surface area contributed by atoms with Crippen LogP contribution in [0, 0.1) is 13.8 Å². The first-order valence-electron chi connectivity index (χ1n) is 8.36. The molecule has 0 spiro atoms. The molecule has 0 aliphatic rings. The van der Waals surface area contributed by atoms with Crippen LogP contribution in [0.3, 0.4) is 0 Å². The van der Waals surface area contributed by atoms with Crippen molar-refractivity contribution in [3.63, 3.8) is 0 Å². The van der Waals surface area contributed by atoms with Crippen LogP contribution in [0.1, 0.15) is 46.0 Å². The summed E-state index contributed by atoms with van der Waals surface area (Å²) in [5.74, 6) is 6.63. The molecule has 0 saturated carbocycles. The smallest absolute Gasteiger partial charge is 0.271 e. The van der Waals surface area contributed by atoms with Crippen LogP contribution in [0.15, 0.2) is 11.2 Å². The minimum atomic E-state index is -0.315. The summed E-state index contributed by atoms with van der Waals surface area (Å²) in [4.78, 5) is 14.6. The van der Waals surface area contributed by atoms with E-state index in [1.807, 2.05) is 59.4 Å². The molecule has 0 fully saturated rings. The van der Waals surface area contributed by atoms with E-state index < -0.39 is 0 Å². The number of thioether (sulfide) groups is 1. The van der Waals surface area contributed by atoms with Gasteiger partial charge in [0.2, 0.25) is 11.1 Å². The van der Waals surface area contributed by atoms with Gasteiger partial charge in [0.1, 0.15) is 0 Å². The van der Waals surface area contributed by atoms with Crippen molar-refractivity contribution in [2.24, 2.45) is 0 Å².